The molecule has 0 bridgehead atoms. The number of amides is 1. The van der Waals surface area contributed by atoms with Crippen LogP contribution in [0.15, 0.2) is 52.3 Å². The van der Waals surface area contributed by atoms with E-state index in [4.69, 9.17) is 29.9 Å². The van der Waals surface area contributed by atoms with Gasteiger partial charge < -0.3 is 10.1 Å². The largest absolute Gasteiger partial charge is 0.474 e. The van der Waals surface area contributed by atoms with Gasteiger partial charge in [-0.2, -0.15) is 0 Å². The summed E-state index contributed by atoms with van der Waals surface area (Å²) >= 11 is 8.30. The Balaban J connectivity index is 2.06. The van der Waals surface area contributed by atoms with Crippen LogP contribution in [0.5, 0.6) is 0 Å². The summed E-state index contributed by atoms with van der Waals surface area (Å²) in [6.45, 7) is 9.21. The van der Waals surface area contributed by atoms with E-state index in [1.54, 1.807) is 39.5 Å². The molecule has 2 rings (SSSR count). The predicted octanol–water partition coefficient (Wildman–Crippen LogP) is 8.08. The Morgan fingerprint density at radius 1 is 1.05 bits per heavy atom. The summed E-state index contributed by atoms with van der Waals surface area (Å²) in [4.78, 5) is 14.8. The van der Waals surface area contributed by atoms with Crippen molar-refractivity contribution in [2.24, 2.45) is 0 Å². The Labute approximate surface area is 230 Å². The molecule has 0 aliphatic carbocycles. The van der Waals surface area contributed by atoms with E-state index in [2.05, 4.69) is 42.6 Å². The molecule has 0 aliphatic rings. The number of alkyl carbamates (subject to hydrolysis) is 1. The zero-order valence-electron chi connectivity index (χ0n) is 22.8. The van der Waals surface area contributed by atoms with Gasteiger partial charge in [-0.3, -0.25) is 13.6 Å². The highest BCUT2D eigenvalue weighted by molar-refractivity contribution is 7.99. The number of rotatable bonds is 13. The summed E-state index contributed by atoms with van der Waals surface area (Å²) in [5.74, 6) is 0. The molecule has 0 aromatic heterocycles. The van der Waals surface area contributed by atoms with Crippen LogP contribution in [0.2, 0.25) is 5.02 Å². The molecule has 0 unspecified atom stereocenters. The second kappa shape index (κ2) is 14.0. The quantitative estimate of drug-likeness (QED) is 0.243. The summed E-state index contributed by atoms with van der Waals surface area (Å²) in [5.41, 5.74) is 0.757. The summed E-state index contributed by atoms with van der Waals surface area (Å²) in [7, 11) is -1.23. The maximum Gasteiger partial charge on any atom is 0.474 e. The molecule has 0 spiro atoms. The van der Waals surface area contributed by atoms with Gasteiger partial charge in [0.15, 0.2) is 0 Å². The summed E-state index contributed by atoms with van der Waals surface area (Å²) < 4.78 is 33.0. The van der Waals surface area contributed by atoms with E-state index in [1.807, 2.05) is 12.1 Å². The molecule has 1 N–H and O–H groups in total. The van der Waals surface area contributed by atoms with Gasteiger partial charge in [-0.25, -0.2) is 9.36 Å². The number of carbonyl (C=O) groups is 1. The number of halogens is 1. The van der Waals surface area contributed by atoms with Crippen LogP contribution < -0.4 is 5.32 Å². The maximum absolute atomic E-state index is 12.5. The molecule has 0 saturated heterocycles. The van der Waals surface area contributed by atoms with Crippen molar-refractivity contribution in [3.05, 3.63) is 58.6 Å². The van der Waals surface area contributed by atoms with Crippen molar-refractivity contribution < 1.29 is 27.7 Å². The van der Waals surface area contributed by atoms with Crippen LogP contribution in [0.1, 0.15) is 58.6 Å². The zero-order valence-corrected chi connectivity index (χ0v) is 25.2. The third-order valence-electron chi connectivity index (χ3n) is 5.53. The number of carbonyl (C=O) groups excluding carboxylic acids is 1. The molecule has 0 heterocycles. The molecule has 2 aromatic carbocycles. The fourth-order valence-corrected chi connectivity index (χ4v) is 5.64. The predicted molar refractivity (Wildman–Crippen MR) is 150 cm³/mol. The number of phosphoric ester groups is 1. The van der Waals surface area contributed by atoms with Crippen molar-refractivity contribution in [1.29, 1.82) is 0 Å². The van der Waals surface area contributed by atoms with Crippen molar-refractivity contribution in [3.63, 3.8) is 0 Å². The van der Waals surface area contributed by atoms with Gasteiger partial charge in [0, 0.05) is 29.0 Å². The van der Waals surface area contributed by atoms with Crippen LogP contribution in [0.25, 0.3) is 0 Å². The van der Waals surface area contributed by atoms with Gasteiger partial charge in [0.1, 0.15) is 5.60 Å². The molecule has 0 fully saturated rings. The normalized spacial score (nSPS) is 13.7. The number of hydrogen-bond acceptors (Lipinski definition) is 7. The van der Waals surface area contributed by atoms with Crippen molar-refractivity contribution in [3.8, 4) is 0 Å². The first-order valence-corrected chi connectivity index (χ1v) is 14.9. The smallest absolute Gasteiger partial charge is 0.444 e. The molecule has 1 amide bonds. The summed E-state index contributed by atoms with van der Waals surface area (Å²) in [6.07, 6.45) is 2.29. The lowest BCUT2D eigenvalue weighted by Crippen LogP contribution is -2.51. The van der Waals surface area contributed by atoms with E-state index >= 15 is 0 Å². The van der Waals surface area contributed by atoms with Crippen LogP contribution in [-0.2, 0) is 35.7 Å². The molecule has 7 nitrogen and oxygen atoms in total. The van der Waals surface area contributed by atoms with Crippen LogP contribution in [0, 0.1) is 0 Å². The number of hydrogen-bond donors (Lipinski definition) is 1. The van der Waals surface area contributed by atoms with E-state index in [0.29, 0.717) is 24.3 Å². The van der Waals surface area contributed by atoms with E-state index < -0.39 is 25.1 Å². The monoisotopic (exact) mass is 571 g/mol. The topological polar surface area (TPSA) is 83.1 Å². The second-order valence-electron chi connectivity index (χ2n) is 9.98. The van der Waals surface area contributed by atoms with Gasteiger partial charge in [0.2, 0.25) is 0 Å². The average Bonchev–Trinajstić information content (AvgIpc) is 2.83. The number of benzene rings is 2. The van der Waals surface area contributed by atoms with Crippen molar-refractivity contribution in [1.82, 2.24) is 5.32 Å². The Morgan fingerprint density at radius 3 is 2.32 bits per heavy atom. The first-order valence-electron chi connectivity index (χ1n) is 12.2. The van der Waals surface area contributed by atoms with Crippen LogP contribution in [0.4, 0.5) is 4.79 Å². The first-order chi connectivity index (χ1) is 17.3. The number of nitrogens with one attached hydrogen (secondary N) is 1. The molecule has 37 heavy (non-hydrogen) atoms. The summed E-state index contributed by atoms with van der Waals surface area (Å²) in [6, 6.07) is 14.6. The third kappa shape index (κ3) is 11.0. The molecule has 0 radical (unpaired) electrons. The molecule has 206 valence electrons. The SMILES string of the molecule is CCc1cccc(Sc2ccc(CCC[C@](C)(COP(=O)(OC)OC)NC(=O)OC(C)(C)C)c(Cl)c2)c1. The molecular formula is C27H39ClNO6PS. The number of aryl methyl sites for hydroxylation is 2. The molecular weight excluding hydrogens is 533 g/mol. The van der Waals surface area contributed by atoms with Gasteiger partial charge in [-0.1, -0.05) is 48.5 Å². The van der Waals surface area contributed by atoms with Gasteiger partial charge >= 0.3 is 13.9 Å². The third-order valence-corrected chi connectivity index (χ3v) is 8.20. The van der Waals surface area contributed by atoms with Gasteiger partial charge in [-0.05, 0) is 88.8 Å². The highest BCUT2D eigenvalue weighted by atomic mass is 35.5. The lowest BCUT2D eigenvalue weighted by Gasteiger charge is -2.32. The molecule has 2 aromatic rings. The Bertz CT molecular complexity index is 1080. The maximum atomic E-state index is 12.5. The molecule has 0 saturated carbocycles. The minimum absolute atomic E-state index is 0.0919. The van der Waals surface area contributed by atoms with Crippen molar-refractivity contribution in [2.45, 2.75) is 81.2 Å². The molecule has 1 atom stereocenters. The Morgan fingerprint density at radius 2 is 1.73 bits per heavy atom. The lowest BCUT2D eigenvalue weighted by molar-refractivity contribution is 0.0386. The minimum atomic E-state index is -3.72. The van der Waals surface area contributed by atoms with Crippen LogP contribution in [-0.4, -0.2) is 38.1 Å². The number of phosphoric acid groups is 1. The van der Waals surface area contributed by atoms with Gasteiger partial charge in [0.05, 0.1) is 12.1 Å². The van der Waals surface area contributed by atoms with E-state index in [9.17, 15) is 9.36 Å². The highest BCUT2D eigenvalue weighted by Gasteiger charge is 2.33. The summed E-state index contributed by atoms with van der Waals surface area (Å²) in [5, 5.41) is 3.56. The van der Waals surface area contributed by atoms with E-state index in [-0.39, 0.29) is 6.61 Å². The van der Waals surface area contributed by atoms with Crippen LogP contribution >= 0.6 is 31.2 Å². The Hall–Kier alpha value is -1.54. The van der Waals surface area contributed by atoms with Crippen LogP contribution in [0.3, 0.4) is 0 Å². The number of ether oxygens (including phenoxy) is 1. The second-order valence-corrected chi connectivity index (χ2v) is 13.4. The molecule has 0 aliphatic heterocycles. The van der Waals surface area contributed by atoms with E-state index in [0.717, 1.165) is 16.9 Å². The van der Waals surface area contributed by atoms with Crippen molar-refractivity contribution >= 4 is 37.3 Å². The van der Waals surface area contributed by atoms with E-state index in [1.165, 1.54) is 24.7 Å². The van der Waals surface area contributed by atoms with Gasteiger partial charge in [0.25, 0.3) is 0 Å². The van der Waals surface area contributed by atoms with Crippen molar-refractivity contribution in [2.75, 3.05) is 20.8 Å². The fraction of sp³-hybridized carbons (Fsp3) is 0.519. The zero-order chi connectivity index (χ0) is 27.7. The van der Waals surface area contributed by atoms with Gasteiger partial charge in [-0.15, -0.1) is 0 Å². The standard InChI is InChI=1S/C27H39ClNO6PS/c1-8-20-11-9-13-22(17-20)37-23-15-14-21(24(28)18-23)12-10-16-27(5,19-34-36(31,32-6)33-7)29-25(30)35-26(2,3)4/h9,11,13-15,17-18H,8,10,12,16,19H2,1-7H3,(H,29,30)/t27-/m1/s1. The Kier molecular flexibility index (Phi) is 12.0. The lowest BCUT2D eigenvalue weighted by atomic mass is 9.94. The minimum Gasteiger partial charge on any atom is -0.444 e. The molecule has 10 heteroatoms. The first kappa shape index (κ1) is 31.7. The highest BCUT2D eigenvalue weighted by Crippen LogP contribution is 2.48. The fourth-order valence-electron chi connectivity index (χ4n) is 3.55. The average molecular weight is 572 g/mol.